The van der Waals surface area contributed by atoms with Crippen LogP contribution in [0.2, 0.25) is 0 Å². The Balaban J connectivity index is 2.25. The lowest BCUT2D eigenvalue weighted by molar-refractivity contribution is -0.133. The molecule has 1 atom stereocenters. The number of carbonyl (C=O) groups excluding carboxylic acids is 1. The molecule has 2 rings (SSSR count). The number of rotatable bonds is 2. The number of hydrogen-bond acceptors (Lipinski definition) is 2. The normalized spacial score (nSPS) is 12.7. The average Bonchev–Trinajstić information content (AvgIpc) is 2.64. The molecule has 0 fully saturated rings. The molecule has 0 radical (unpaired) electrons. The molecule has 2 aromatic rings. The summed E-state index contributed by atoms with van der Waals surface area (Å²) in [5, 5.41) is 0.370. The number of hydrogen-bond donors (Lipinski definition) is 1. The predicted molar refractivity (Wildman–Crippen MR) is 59.2 cm³/mol. The molecule has 0 spiro atoms. The number of ether oxygens (including phenoxy) is 1. The second-order valence-corrected chi connectivity index (χ2v) is 3.92. The van der Waals surface area contributed by atoms with Gasteiger partial charge in [0.1, 0.15) is 11.1 Å². The van der Waals surface area contributed by atoms with Gasteiger partial charge < -0.3 is 9.72 Å². The van der Waals surface area contributed by atoms with E-state index in [1.54, 1.807) is 19.1 Å². The molecule has 0 saturated carbocycles. The average molecular weight is 224 g/mol. The van der Waals surface area contributed by atoms with E-state index in [-0.39, 0.29) is 0 Å². The van der Waals surface area contributed by atoms with Crippen molar-refractivity contribution in [1.82, 2.24) is 4.98 Å². The van der Waals surface area contributed by atoms with Gasteiger partial charge in [-0.2, -0.15) is 0 Å². The van der Waals surface area contributed by atoms with E-state index in [2.05, 4.69) is 4.98 Å². The van der Waals surface area contributed by atoms with E-state index in [4.69, 9.17) is 16.3 Å². The summed E-state index contributed by atoms with van der Waals surface area (Å²) in [7, 11) is 0. The highest BCUT2D eigenvalue weighted by atomic mass is 35.5. The van der Waals surface area contributed by atoms with Gasteiger partial charge in [0, 0.05) is 17.1 Å². The van der Waals surface area contributed by atoms with E-state index in [9.17, 15) is 4.79 Å². The third-order valence-corrected chi connectivity index (χ3v) is 2.25. The number of nitrogens with one attached hydrogen (secondary N) is 1. The lowest BCUT2D eigenvalue weighted by Crippen LogP contribution is -2.17. The van der Waals surface area contributed by atoms with E-state index < -0.39 is 11.3 Å². The van der Waals surface area contributed by atoms with Crippen LogP contribution in [0.1, 0.15) is 6.92 Å². The van der Waals surface area contributed by atoms with E-state index in [0.29, 0.717) is 5.75 Å². The lowest BCUT2D eigenvalue weighted by Gasteiger charge is -2.05. The number of carbonyl (C=O) groups is 1. The molecule has 78 valence electrons. The van der Waals surface area contributed by atoms with Gasteiger partial charge in [-0.1, -0.05) is 0 Å². The van der Waals surface area contributed by atoms with Gasteiger partial charge in [0.05, 0.1) is 0 Å². The molecule has 3 nitrogen and oxygen atoms in total. The molecule has 0 saturated heterocycles. The predicted octanol–water partition coefficient (Wildman–Crippen LogP) is 2.70. The van der Waals surface area contributed by atoms with Crippen molar-refractivity contribution in [2.45, 2.75) is 12.3 Å². The molecule has 1 aromatic carbocycles. The fraction of sp³-hybridized carbons (Fsp3) is 0.182. The Kier molecular flexibility index (Phi) is 2.64. The van der Waals surface area contributed by atoms with Gasteiger partial charge in [0.2, 0.25) is 0 Å². The van der Waals surface area contributed by atoms with Crippen LogP contribution in [0.15, 0.2) is 30.5 Å². The number of H-pyrrole nitrogens is 1. The molecule has 0 aliphatic heterocycles. The van der Waals surface area contributed by atoms with Crippen molar-refractivity contribution in [3.05, 3.63) is 30.5 Å². The maximum absolute atomic E-state index is 11.2. The third kappa shape index (κ3) is 2.13. The zero-order valence-electron chi connectivity index (χ0n) is 8.16. The summed E-state index contributed by atoms with van der Waals surface area (Å²) in [6.07, 6.45) is 1.83. The van der Waals surface area contributed by atoms with Crippen LogP contribution in [0.5, 0.6) is 5.75 Å². The Bertz CT molecular complexity index is 490. The molecule has 1 aromatic heterocycles. The number of benzene rings is 1. The lowest BCUT2D eigenvalue weighted by atomic mass is 10.2. The molecular weight excluding hydrogens is 214 g/mol. The molecule has 15 heavy (non-hydrogen) atoms. The molecule has 0 bridgehead atoms. The van der Waals surface area contributed by atoms with Crippen molar-refractivity contribution in [1.29, 1.82) is 0 Å². The summed E-state index contributed by atoms with van der Waals surface area (Å²) in [6, 6.07) is 7.30. The molecule has 1 N–H and O–H groups in total. The van der Waals surface area contributed by atoms with Crippen LogP contribution < -0.4 is 4.74 Å². The minimum Gasteiger partial charge on any atom is -0.425 e. The number of alkyl halides is 1. The second kappa shape index (κ2) is 3.95. The van der Waals surface area contributed by atoms with Gasteiger partial charge >= 0.3 is 5.97 Å². The molecule has 4 heteroatoms. The first kappa shape index (κ1) is 10.1. The SMILES string of the molecule is CC(Cl)C(=O)Oc1ccc2[nH]ccc2c1. The summed E-state index contributed by atoms with van der Waals surface area (Å²) in [5.41, 5.74) is 1.01. The van der Waals surface area contributed by atoms with Gasteiger partial charge in [-0.05, 0) is 31.2 Å². The highest BCUT2D eigenvalue weighted by Gasteiger charge is 2.11. The number of aromatic amines is 1. The number of aromatic nitrogens is 1. The standard InChI is InChI=1S/C11H10ClNO2/c1-7(12)11(14)15-9-2-3-10-8(6-9)4-5-13-10/h2-7,13H,1H3. The smallest absolute Gasteiger partial charge is 0.329 e. The van der Waals surface area contributed by atoms with Crippen molar-refractivity contribution < 1.29 is 9.53 Å². The van der Waals surface area contributed by atoms with Gasteiger partial charge in [0.15, 0.2) is 0 Å². The Morgan fingerprint density at radius 2 is 2.27 bits per heavy atom. The molecule has 0 amide bonds. The van der Waals surface area contributed by atoms with Crippen molar-refractivity contribution in [3.8, 4) is 5.75 Å². The van der Waals surface area contributed by atoms with E-state index in [0.717, 1.165) is 10.9 Å². The summed E-state index contributed by atoms with van der Waals surface area (Å²) in [5.74, 6) is 0.0751. The van der Waals surface area contributed by atoms with Crippen molar-refractivity contribution >= 4 is 28.5 Å². The topological polar surface area (TPSA) is 42.1 Å². The summed E-state index contributed by atoms with van der Waals surface area (Å²) in [4.78, 5) is 14.3. The van der Waals surface area contributed by atoms with E-state index in [1.807, 2.05) is 18.3 Å². The van der Waals surface area contributed by atoms with Gasteiger partial charge in [-0.15, -0.1) is 11.6 Å². The zero-order chi connectivity index (χ0) is 10.8. The van der Waals surface area contributed by atoms with Crippen molar-refractivity contribution in [3.63, 3.8) is 0 Å². The minimum atomic E-state index is -0.632. The molecule has 0 aliphatic rings. The van der Waals surface area contributed by atoms with Crippen LogP contribution in [0.3, 0.4) is 0 Å². The van der Waals surface area contributed by atoms with Crippen LogP contribution in [-0.2, 0) is 4.79 Å². The fourth-order valence-electron chi connectivity index (χ4n) is 1.29. The first-order valence-electron chi connectivity index (χ1n) is 4.60. The largest absolute Gasteiger partial charge is 0.425 e. The molecule has 1 heterocycles. The maximum Gasteiger partial charge on any atom is 0.329 e. The quantitative estimate of drug-likeness (QED) is 0.483. The van der Waals surface area contributed by atoms with Crippen LogP contribution in [0.25, 0.3) is 10.9 Å². The number of fused-ring (bicyclic) bond motifs is 1. The molecule has 0 aliphatic carbocycles. The van der Waals surface area contributed by atoms with Crippen LogP contribution in [0.4, 0.5) is 0 Å². The van der Waals surface area contributed by atoms with E-state index in [1.165, 1.54) is 0 Å². The monoisotopic (exact) mass is 223 g/mol. The highest BCUT2D eigenvalue weighted by molar-refractivity contribution is 6.29. The first-order chi connectivity index (χ1) is 7.16. The second-order valence-electron chi connectivity index (χ2n) is 3.26. The summed E-state index contributed by atoms with van der Waals surface area (Å²) >= 11 is 5.59. The third-order valence-electron chi connectivity index (χ3n) is 2.07. The van der Waals surface area contributed by atoms with E-state index >= 15 is 0 Å². The Morgan fingerprint density at radius 1 is 1.47 bits per heavy atom. The Hall–Kier alpha value is -1.48. The van der Waals surface area contributed by atoms with Crippen LogP contribution in [0, 0.1) is 0 Å². The van der Waals surface area contributed by atoms with Crippen molar-refractivity contribution in [2.75, 3.05) is 0 Å². The fourth-order valence-corrected chi connectivity index (χ4v) is 1.34. The van der Waals surface area contributed by atoms with Gasteiger partial charge in [-0.25, -0.2) is 0 Å². The molecular formula is C11H10ClNO2. The van der Waals surface area contributed by atoms with Gasteiger partial charge in [0.25, 0.3) is 0 Å². The zero-order valence-corrected chi connectivity index (χ0v) is 8.91. The maximum atomic E-state index is 11.2. The minimum absolute atomic E-state index is 0.438. The summed E-state index contributed by atoms with van der Waals surface area (Å²) in [6.45, 7) is 1.58. The summed E-state index contributed by atoms with van der Waals surface area (Å²) < 4.78 is 5.07. The van der Waals surface area contributed by atoms with Crippen LogP contribution >= 0.6 is 11.6 Å². The number of halogens is 1. The highest BCUT2D eigenvalue weighted by Crippen LogP contribution is 2.20. The Morgan fingerprint density at radius 3 is 3.00 bits per heavy atom. The van der Waals surface area contributed by atoms with Crippen LogP contribution in [-0.4, -0.2) is 16.3 Å². The van der Waals surface area contributed by atoms with Crippen molar-refractivity contribution in [2.24, 2.45) is 0 Å². The van der Waals surface area contributed by atoms with Gasteiger partial charge in [-0.3, -0.25) is 4.79 Å². The first-order valence-corrected chi connectivity index (χ1v) is 5.03. The molecule has 1 unspecified atom stereocenters. The number of esters is 1. The Labute approximate surface area is 92.0 Å².